The molecule has 2 aromatic heterocycles. The number of furan rings is 1. The minimum Gasteiger partial charge on any atom is -0.457 e. The zero-order valence-corrected chi connectivity index (χ0v) is 13.7. The lowest BCUT2D eigenvalue weighted by Crippen LogP contribution is -1.95. The summed E-state index contributed by atoms with van der Waals surface area (Å²) >= 11 is 0. The number of hydrogen-bond donors (Lipinski definition) is 0. The van der Waals surface area contributed by atoms with Crippen molar-refractivity contribution < 1.29 is 4.42 Å². The lowest BCUT2D eigenvalue weighted by molar-refractivity contribution is 0.572. The van der Waals surface area contributed by atoms with E-state index >= 15 is 0 Å². The zero-order chi connectivity index (χ0) is 17.2. The first-order chi connectivity index (χ1) is 12.3. The van der Waals surface area contributed by atoms with Gasteiger partial charge in [0, 0.05) is 18.7 Å². The van der Waals surface area contributed by atoms with Crippen molar-refractivity contribution in [3.05, 3.63) is 78.3 Å². The Morgan fingerprint density at radius 1 is 1.04 bits per heavy atom. The van der Waals surface area contributed by atoms with Crippen LogP contribution in [0.4, 0.5) is 0 Å². The largest absolute Gasteiger partial charge is 0.457 e. The second-order valence-corrected chi connectivity index (χ2v) is 5.72. The fourth-order valence-corrected chi connectivity index (χ4v) is 2.86. The van der Waals surface area contributed by atoms with Crippen LogP contribution in [0.3, 0.4) is 0 Å². The first kappa shape index (κ1) is 15.0. The Morgan fingerprint density at radius 3 is 2.56 bits per heavy atom. The minimum absolute atomic E-state index is 0.465. The summed E-state index contributed by atoms with van der Waals surface area (Å²) in [5.41, 5.74) is 3.32. The van der Waals surface area contributed by atoms with Gasteiger partial charge in [-0.15, -0.1) is 0 Å². The molecule has 0 radical (unpaired) electrons. The van der Waals surface area contributed by atoms with Crippen LogP contribution in [0.2, 0.25) is 0 Å². The maximum atomic E-state index is 9.60. The number of imidazole rings is 1. The van der Waals surface area contributed by atoms with Gasteiger partial charge >= 0.3 is 0 Å². The number of nitrogens with zero attached hydrogens (tertiary/aromatic N) is 3. The van der Waals surface area contributed by atoms with Crippen LogP contribution in [0.25, 0.3) is 34.0 Å². The summed E-state index contributed by atoms with van der Waals surface area (Å²) in [6.45, 7) is 0. The van der Waals surface area contributed by atoms with E-state index in [4.69, 9.17) is 4.42 Å². The average Bonchev–Trinajstić information content (AvgIpc) is 3.26. The van der Waals surface area contributed by atoms with Crippen molar-refractivity contribution in [1.29, 1.82) is 5.26 Å². The van der Waals surface area contributed by atoms with Gasteiger partial charge in [-0.05, 0) is 24.3 Å². The number of aryl methyl sites for hydroxylation is 1. The molecule has 0 unspecified atom stereocenters. The van der Waals surface area contributed by atoms with Crippen LogP contribution in [-0.2, 0) is 7.05 Å². The molecule has 0 saturated heterocycles. The molecule has 4 rings (SSSR count). The van der Waals surface area contributed by atoms with Crippen LogP contribution in [0.1, 0.15) is 11.6 Å². The maximum absolute atomic E-state index is 9.60. The number of aromatic nitrogens is 2. The van der Waals surface area contributed by atoms with Gasteiger partial charge in [-0.2, -0.15) is 5.26 Å². The highest BCUT2D eigenvalue weighted by atomic mass is 16.3. The van der Waals surface area contributed by atoms with Crippen molar-refractivity contribution in [1.82, 2.24) is 9.55 Å². The van der Waals surface area contributed by atoms with Crippen molar-refractivity contribution in [2.24, 2.45) is 7.05 Å². The number of fused-ring (bicyclic) bond motifs is 1. The van der Waals surface area contributed by atoms with E-state index in [1.807, 2.05) is 78.3 Å². The highest BCUT2D eigenvalue weighted by Gasteiger charge is 2.13. The van der Waals surface area contributed by atoms with Crippen molar-refractivity contribution in [3.63, 3.8) is 0 Å². The first-order valence-corrected chi connectivity index (χ1v) is 7.95. The lowest BCUT2D eigenvalue weighted by atomic mass is 10.2. The Labute approximate surface area is 145 Å². The second kappa shape index (κ2) is 6.14. The molecular weight excluding hydrogens is 310 g/mol. The Kier molecular flexibility index (Phi) is 3.68. The Bertz CT molecular complexity index is 1110. The molecule has 0 aliphatic rings. The third kappa shape index (κ3) is 2.73. The van der Waals surface area contributed by atoms with Gasteiger partial charge in [0.1, 0.15) is 17.6 Å². The number of allylic oxidation sites excluding steroid dienone is 1. The number of nitriles is 1. The van der Waals surface area contributed by atoms with Gasteiger partial charge in [-0.3, -0.25) is 0 Å². The van der Waals surface area contributed by atoms with Crippen molar-refractivity contribution in [2.75, 3.05) is 0 Å². The van der Waals surface area contributed by atoms with Crippen LogP contribution in [0, 0.1) is 11.3 Å². The molecule has 0 aliphatic carbocycles. The molecule has 0 aliphatic heterocycles. The van der Waals surface area contributed by atoms with Crippen molar-refractivity contribution >= 4 is 22.7 Å². The van der Waals surface area contributed by atoms with E-state index in [1.54, 1.807) is 6.08 Å². The molecule has 4 aromatic rings. The van der Waals surface area contributed by atoms with E-state index < -0.39 is 0 Å². The van der Waals surface area contributed by atoms with Gasteiger partial charge in [0.25, 0.3) is 0 Å². The van der Waals surface area contributed by atoms with Gasteiger partial charge in [0.2, 0.25) is 0 Å². The van der Waals surface area contributed by atoms with Gasteiger partial charge in [0.05, 0.1) is 16.6 Å². The summed E-state index contributed by atoms with van der Waals surface area (Å²) in [6, 6.07) is 23.7. The lowest BCUT2D eigenvalue weighted by Gasteiger charge is -2.00. The molecule has 25 heavy (non-hydrogen) atoms. The summed E-state index contributed by atoms with van der Waals surface area (Å²) in [4.78, 5) is 4.58. The quantitative estimate of drug-likeness (QED) is 0.504. The number of hydrogen-bond acceptors (Lipinski definition) is 3. The van der Waals surface area contributed by atoms with Gasteiger partial charge in [-0.25, -0.2) is 4.98 Å². The van der Waals surface area contributed by atoms with E-state index in [1.165, 1.54) is 0 Å². The average molecular weight is 325 g/mol. The Balaban J connectivity index is 1.75. The first-order valence-electron chi connectivity index (χ1n) is 7.95. The molecule has 0 spiro atoms. The summed E-state index contributed by atoms with van der Waals surface area (Å²) in [5, 5.41) is 9.60. The zero-order valence-electron chi connectivity index (χ0n) is 13.7. The van der Waals surface area contributed by atoms with Crippen LogP contribution >= 0.6 is 0 Å². The molecule has 2 heterocycles. The number of benzene rings is 2. The SMILES string of the molecule is Cn1c(C(C#N)=Cc2ccc(-c3ccccc3)o2)nc2ccccc21. The van der Waals surface area contributed by atoms with E-state index in [0.717, 1.165) is 22.4 Å². The molecule has 4 heteroatoms. The standard InChI is InChI=1S/C21H15N3O/c1-24-19-10-6-5-9-18(19)23-21(24)16(14-22)13-17-11-12-20(25-17)15-7-3-2-4-8-15/h2-13H,1H3. The van der Waals surface area contributed by atoms with Gasteiger partial charge in [-0.1, -0.05) is 42.5 Å². The van der Waals surface area contributed by atoms with E-state index in [-0.39, 0.29) is 0 Å². The van der Waals surface area contributed by atoms with Crippen LogP contribution < -0.4 is 0 Å². The van der Waals surface area contributed by atoms with E-state index in [0.29, 0.717) is 17.2 Å². The number of para-hydroxylation sites is 2. The highest BCUT2D eigenvalue weighted by Crippen LogP contribution is 2.26. The molecule has 0 N–H and O–H groups in total. The third-order valence-corrected chi connectivity index (χ3v) is 4.12. The minimum atomic E-state index is 0.465. The van der Waals surface area contributed by atoms with E-state index in [2.05, 4.69) is 11.1 Å². The molecule has 120 valence electrons. The topological polar surface area (TPSA) is 54.8 Å². The molecular formula is C21H15N3O. The van der Waals surface area contributed by atoms with Crippen molar-refractivity contribution in [2.45, 2.75) is 0 Å². The van der Waals surface area contributed by atoms with Crippen LogP contribution in [0.5, 0.6) is 0 Å². The van der Waals surface area contributed by atoms with Crippen LogP contribution in [0.15, 0.2) is 71.1 Å². The molecule has 0 saturated carbocycles. The molecule has 2 aromatic carbocycles. The predicted molar refractivity (Wildman–Crippen MR) is 98.3 cm³/mol. The summed E-state index contributed by atoms with van der Waals surface area (Å²) in [6.07, 6.45) is 1.73. The molecule has 0 fully saturated rings. The smallest absolute Gasteiger partial charge is 0.151 e. The van der Waals surface area contributed by atoms with Crippen LogP contribution in [-0.4, -0.2) is 9.55 Å². The third-order valence-electron chi connectivity index (χ3n) is 4.12. The summed E-state index contributed by atoms with van der Waals surface area (Å²) in [5.74, 6) is 2.03. The fourth-order valence-electron chi connectivity index (χ4n) is 2.86. The molecule has 4 nitrogen and oxygen atoms in total. The van der Waals surface area contributed by atoms with Gasteiger partial charge in [0.15, 0.2) is 5.82 Å². The van der Waals surface area contributed by atoms with Crippen molar-refractivity contribution in [3.8, 4) is 17.4 Å². The Morgan fingerprint density at radius 2 is 1.80 bits per heavy atom. The normalized spacial score (nSPS) is 11.6. The Hall–Kier alpha value is -3.58. The molecule has 0 atom stereocenters. The predicted octanol–water partition coefficient (Wildman–Crippen LogP) is 4.90. The second-order valence-electron chi connectivity index (χ2n) is 5.72. The summed E-state index contributed by atoms with van der Waals surface area (Å²) in [7, 11) is 1.91. The number of rotatable bonds is 3. The molecule has 0 bridgehead atoms. The highest BCUT2D eigenvalue weighted by molar-refractivity contribution is 5.90. The monoisotopic (exact) mass is 325 g/mol. The van der Waals surface area contributed by atoms with Gasteiger partial charge < -0.3 is 8.98 Å². The molecule has 0 amide bonds. The van der Waals surface area contributed by atoms with E-state index in [9.17, 15) is 5.26 Å². The summed E-state index contributed by atoms with van der Waals surface area (Å²) < 4.78 is 7.79. The maximum Gasteiger partial charge on any atom is 0.151 e. The fraction of sp³-hybridized carbons (Fsp3) is 0.0476.